The van der Waals surface area contributed by atoms with Gasteiger partial charge in [-0.05, 0) is 36.0 Å². The Morgan fingerprint density at radius 3 is 2.59 bits per heavy atom. The van der Waals surface area contributed by atoms with Gasteiger partial charge in [-0.25, -0.2) is 0 Å². The molecule has 0 radical (unpaired) electrons. The Morgan fingerprint density at radius 2 is 2.06 bits per heavy atom. The van der Waals surface area contributed by atoms with Gasteiger partial charge in [-0.2, -0.15) is 0 Å². The molecule has 0 saturated heterocycles. The van der Waals surface area contributed by atoms with E-state index in [0.29, 0.717) is 0 Å². The first-order valence-corrected chi connectivity index (χ1v) is 6.10. The summed E-state index contributed by atoms with van der Waals surface area (Å²) in [6.07, 6.45) is 1.88. The molecule has 5 heteroatoms. The molecule has 0 spiro atoms. The second-order valence-corrected chi connectivity index (χ2v) is 5.31. The zero-order valence-electron chi connectivity index (χ0n) is 9.17. The van der Waals surface area contributed by atoms with Gasteiger partial charge in [0, 0.05) is 7.05 Å². The van der Waals surface area contributed by atoms with E-state index >= 15 is 0 Å². The molecule has 1 heterocycles. The number of nitrogens with zero attached hydrogens (tertiary/aromatic N) is 1. The van der Waals surface area contributed by atoms with Crippen LogP contribution in [0.15, 0.2) is 18.2 Å². The van der Waals surface area contributed by atoms with Crippen molar-refractivity contribution >= 4 is 36.2 Å². The summed E-state index contributed by atoms with van der Waals surface area (Å²) in [7, 11) is 1.87. The highest BCUT2D eigenvalue weighted by Crippen LogP contribution is 2.24. The van der Waals surface area contributed by atoms with Crippen molar-refractivity contribution < 1.29 is 10.2 Å². The molecule has 88 valence electrons. The van der Waals surface area contributed by atoms with Gasteiger partial charge in [0.2, 0.25) is 0 Å². The molecule has 0 amide bonds. The van der Waals surface area contributed by atoms with Crippen LogP contribution in [0.1, 0.15) is 5.56 Å². The lowest BCUT2D eigenvalue weighted by Gasteiger charge is -1.97. The lowest BCUT2D eigenvalue weighted by atomic mass is 10.2. The fraction of sp³-hybridized carbons (Fsp3) is 0.0833. The second-order valence-electron chi connectivity index (χ2n) is 3.63. The van der Waals surface area contributed by atoms with E-state index in [1.165, 1.54) is 23.5 Å². The number of benzene rings is 1. The molecular weight excluding hydrogens is 254 g/mol. The predicted octanol–water partition coefficient (Wildman–Crippen LogP) is 1.47. The van der Waals surface area contributed by atoms with E-state index in [9.17, 15) is 10.2 Å². The minimum absolute atomic E-state index is 0.127. The molecule has 0 bridgehead atoms. The van der Waals surface area contributed by atoms with E-state index in [0.717, 1.165) is 19.4 Å². The molecule has 17 heavy (non-hydrogen) atoms. The Morgan fingerprint density at radius 1 is 1.35 bits per heavy atom. The van der Waals surface area contributed by atoms with Crippen molar-refractivity contribution in [2.45, 2.75) is 0 Å². The Labute approximate surface area is 107 Å². The zero-order chi connectivity index (χ0) is 12.6. The number of thiazole rings is 1. The van der Waals surface area contributed by atoms with Crippen LogP contribution in [0.5, 0.6) is 11.5 Å². The summed E-state index contributed by atoms with van der Waals surface area (Å²) in [4.78, 5) is 0. The molecule has 0 fully saturated rings. The smallest absolute Gasteiger partial charge is 0.161 e. The third kappa shape index (κ3) is 2.25. The van der Waals surface area contributed by atoms with Crippen molar-refractivity contribution in [3.63, 3.8) is 0 Å². The van der Waals surface area contributed by atoms with Crippen molar-refractivity contribution in [1.82, 2.24) is 4.57 Å². The molecule has 0 saturated carbocycles. The number of phenolic OH excluding ortho intramolecular Hbond substituents is 2. The summed E-state index contributed by atoms with van der Waals surface area (Å²) in [5.41, 5.74) is 0.794. The normalized spacial score (nSPS) is 11.9. The quantitative estimate of drug-likeness (QED) is 0.606. The predicted molar refractivity (Wildman–Crippen MR) is 72.2 cm³/mol. The van der Waals surface area contributed by atoms with E-state index < -0.39 is 0 Å². The number of rotatable bonds is 1. The lowest BCUT2D eigenvalue weighted by molar-refractivity contribution is 0.403. The maximum absolute atomic E-state index is 9.40. The van der Waals surface area contributed by atoms with Gasteiger partial charge in [0.15, 0.2) is 15.5 Å². The first-order valence-electron chi connectivity index (χ1n) is 4.87. The van der Waals surface area contributed by atoms with Crippen LogP contribution in [-0.2, 0) is 7.05 Å². The van der Waals surface area contributed by atoms with Crippen molar-refractivity contribution in [3.05, 3.63) is 37.6 Å². The molecule has 0 atom stereocenters. The molecule has 3 nitrogen and oxygen atoms in total. The molecule has 0 aliphatic heterocycles. The van der Waals surface area contributed by atoms with Crippen molar-refractivity contribution in [3.8, 4) is 11.5 Å². The fourth-order valence-electron chi connectivity index (χ4n) is 1.39. The number of phenols is 2. The highest BCUT2D eigenvalue weighted by Gasteiger charge is 1.99. The first kappa shape index (κ1) is 11.9. The van der Waals surface area contributed by atoms with Gasteiger partial charge >= 0.3 is 0 Å². The maximum Gasteiger partial charge on any atom is 0.161 e. The summed E-state index contributed by atoms with van der Waals surface area (Å²) >= 11 is 6.62. The molecule has 0 aliphatic carbocycles. The number of hydrogen-bond donors (Lipinski definition) is 2. The minimum Gasteiger partial charge on any atom is -0.504 e. The Kier molecular flexibility index (Phi) is 3.04. The molecule has 2 rings (SSSR count). The van der Waals surface area contributed by atoms with Crippen LogP contribution in [0.4, 0.5) is 0 Å². The third-order valence-electron chi connectivity index (χ3n) is 2.46. The van der Waals surface area contributed by atoms with Crippen LogP contribution in [0.2, 0.25) is 0 Å². The van der Waals surface area contributed by atoms with Gasteiger partial charge in [-0.3, -0.25) is 0 Å². The summed E-state index contributed by atoms with van der Waals surface area (Å²) in [6, 6.07) is 4.67. The van der Waals surface area contributed by atoms with Gasteiger partial charge in [-0.1, -0.05) is 12.6 Å². The first-order chi connectivity index (χ1) is 7.99. The topological polar surface area (TPSA) is 45.4 Å². The molecule has 0 unspecified atom stereocenters. The Balaban J connectivity index is 2.63. The largest absolute Gasteiger partial charge is 0.504 e. The monoisotopic (exact) mass is 265 g/mol. The highest BCUT2D eigenvalue weighted by atomic mass is 32.1. The van der Waals surface area contributed by atoms with Crippen molar-refractivity contribution in [2.75, 3.05) is 0 Å². The SMILES string of the molecule is C=c1/c(=C/c2ccc(O)c(O)c2)sc(=S)n1C. The molecule has 0 aliphatic rings. The molecule has 2 aromatic rings. The van der Waals surface area contributed by atoms with Gasteiger partial charge in [0.1, 0.15) is 0 Å². The third-order valence-corrected chi connectivity index (χ3v) is 4.00. The Hall–Kier alpha value is -1.59. The van der Waals surface area contributed by atoms with E-state index in [4.69, 9.17) is 12.2 Å². The van der Waals surface area contributed by atoms with Crippen LogP contribution in [0, 0.1) is 3.95 Å². The van der Waals surface area contributed by atoms with Gasteiger partial charge < -0.3 is 14.8 Å². The van der Waals surface area contributed by atoms with Gasteiger partial charge in [-0.15, -0.1) is 11.3 Å². The van der Waals surface area contributed by atoms with Crippen LogP contribution in [0.25, 0.3) is 12.7 Å². The minimum atomic E-state index is -0.135. The molecule has 1 aromatic carbocycles. The van der Waals surface area contributed by atoms with Gasteiger partial charge in [0.25, 0.3) is 0 Å². The van der Waals surface area contributed by atoms with Crippen LogP contribution in [0.3, 0.4) is 0 Å². The number of aromatic nitrogens is 1. The number of hydrogen-bond acceptors (Lipinski definition) is 4. The van der Waals surface area contributed by atoms with E-state index in [1.807, 2.05) is 17.7 Å². The molecule has 2 N–H and O–H groups in total. The zero-order valence-corrected chi connectivity index (χ0v) is 10.8. The van der Waals surface area contributed by atoms with Crippen LogP contribution >= 0.6 is 23.6 Å². The van der Waals surface area contributed by atoms with Crippen LogP contribution in [-0.4, -0.2) is 14.8 Å². The highest BCUT2D eigenvalue weighted by molar-refractivity contribution is 7.73. The molecule has 1 aromatic heterocycles. The van der Waals surface area contributed by atoms with Crippen molar-refractivity contribution in [1.29, 1.82) is 0 Å². The Bertz CT molecular complexity index is 728. The summed E-state index contributed by atoms with van der Waals surface area (Å²) in [5, 5.41) is 19.5. The summed E-state index contributed by atoms with van der Waals surface area (Å²) in [5.74, 6) is -0.262. The average molecular weight is 265 g/mol. The van der Waals surface area contributed by atoms with Crippen molar-refractivity contribution in [2.24, 2.45) is 7.05 Å². The summed E-state index contributed by atoms with van der Waals surface area (Å²) < 4.78 is 3.54. The van der Waals surface area contributed by atoms with E-state index in [2.05, 4.69) is 6.58 Å². The number of aromatic hydroxyl groups is 2. The van der Waals surface area contributed by atoms with E-state index in [-0.39, 0.29) is 11.5 Å². The maximum atomic E-state index is 9.40. The van der Waals surface area contributed by atoms with Crippen LogP contribution < -0.4 is 9.88 Å². The second kappa shape index (κ2) is 4.35. The lowest BCUT2D eigenvalue weighted by Crippen LogP contribution is -2.24. The van der Waals surface area contributed by atoms with E-state index in [1.54, 1.807) is 6.07 Å². The molecular formula is C12H11NO2S2. The summed E-state index contributed by atoms with van der Waals surface area (Å²) in [6.45, 7) is 3.94. The standard InChI is InChI=1S/C12H11NO2S2/c1-7-11(17-12(16)13(7)2)6-8-3-4-9(14)10(15)5-8/h3-6,14-15H,1H2,2H3/b11-6-. The fourth-order valence-corrected chi connectivity index (χ4v) is 2.66. The average Bonchev–Trinajstić information content (AvgIpc) is 2.52. The van der Waals surface area contributed by atoms with Gasteiger partial charge in [0.05, 0.1) is 9.88 Å².